The maximum atomic E-state index is 5.92. The van der Waals surface area contributed by atoms with Crippen molar-refractivity contribution < 1.29 is 4.42 Å². The number of fused-ring (bicyclic) bond motifs is 1. The summed E-state index contributed by atoms with van der Waals surface area (Å²) in [7, 11) is 0. The second-order valence-electron chi connectivity index (χ2n) is 5.92. The first-order valence-electron chi connectivity index (χ1n) is 7.84. The maximum absolute atomic E-state index is 5.92. The van der Waals surface area contributed by atoms with E-state index in [2.05, 4.69) is 27.0 Å². The molecular formula is C18H19N3O. The molecule has 0 radical (unpaired) electrons. The molecular weight excluding hydrogens is 274 g/mol. The molecule has 1 saturated heterocycles. The molecule has 0 amide bonds. The first-order chi connectivity index (χ1) is 10.8. The zero-order valence-electron chi connectivity index (χ0n) is 12.7. The lowest BCUT2D eigenvalue weighted by Crippen LogP contribution is -2.33. The molecule has 0 saturated carbocycles. The van der Waals surface area contributed by atoms with Crippen molar-refractivity contribution in [2.75, 3.05) is 18.0 Å². The molecule has 0 spiro atoms. The highest BCUT2D eigenvalue weighted by atomic mass is 16.3. The number of piperidine rings is 1. The van der Waals surface area contributed by atoms with Crippen LogP contribution in [0.2, 0.25) is 0 Å². The predicted molar refractivity (Wildman–Crippen MR) is 87.2 cm³/mol. The van der Waals surface area contributed by atoms with Gasteiger partial charge in [-0.3, -0.25) is 0 Å². The summed E-state index contributed by atoms with van der Waals surface area (Å²) in [6.45, 7) is 4.04. The Labute approximate surface area is 129 Å². The highest BCUT2D eigenvalue weighted by Gasteiger charge is 2.25. The van der Waals surface area contributed by atoms with Gasteiger partial charge in [0, 0.05) is 24.7 Å². The van der Waals surface area contributed by atoms with E-state index in [0.29, 0.717) is 5.92 Å². The van der Waals surface area contributed by atoms with E-state index in [1.54, 1.807) is 0 Å². The topological polar surface area (TPSA) is 42.2 Å². The number of anilines is 1. The van der Waals surface area contributed by atoms with Gasteiger partial charge in [0.25, 0.3) is 0 Å². The minimum atomic E-state index is 0.411. The highest BCUT2D eigenvalue weighted by Crippen LogP contribution is 2.31. The molecule has 0 bridgehead atoms. The molecule has 0 aliphatic carbocycles. The lowest BCUT2D eigenvalue weighted by atomic mass is 9.97. The number of nitrogens with zero attached hydrogens (tertiary/aromatic N) is 3. The molecule has 4 rings (SSSR count). The third-order valence-corrected chi connectivity index (χ3v) is 4.35. The third kappa shape index (κ3) is 2.45. The largest absolute Gasteiger partial charge is 0.440 e. The molecule has 1 fully saturated rings. The van der Waals surface area contributed by atoms with E-state index < -0.39 is 0 Å². The van der Waals surface area contributed by atoms with Crippen LogP contribution in [0.25, 0.3) is 11.1 Å². The number of oxazole rings is 1. The van der Waals surface area contributed by atoms with Crippen molar-refractivity contribution in [1.29, 1.82) is 0 Å². The van der Waals surface area contributed by atoms with Crippen molar-refractivity contribution in [3.8, 4) is 0 Å². The Balaban J connectivity index is 1.49. The number of pyridine rings is 1. The molecule has 1 aliphatic heterocycles. The number of hydrogen-bond donors (Lipinski definition) is 0. The van der Waals surface area contributed by atoms with Crippen molar-refractivity contribution in [3.05, 3.63) is 54.0 Å². The monoisotopic (exact) mass is 293 g/mol. The molecule has 0 unspecified atom stereocenters. The standard InChI is InChI=1S/C18H19N3O/c1-13-5-4-8-17(19-13)21-11-9-14(10-12-21)18-20-15-6-2-3-7-16(15)22-18/h2-8,14H,9-12H2,1H3. The second-order valence-corrected chi connectivity index (χ2v) is 5.92. The molecule has 112 valence electrons. The van der Waals surface area contributed by atoms with Gasteiger partial charge in [-0.15, -0.1) is 0 Å². The van der Waals surface area contributed by atoms with Gasteiger partial charge in [0.05, 0.1) is 0 Å². The van der Waals surface area contributed by atoms with Crippen molar-refractivity contribution in [3.63, 3.8) is 0 Å². The smallest absolute Gasteiger partial charge is 0.198 e. The Kier molecular flexibility index (Phi) is 3.29. The minimum Gasteiger partial charge on any atom is -0.440 e. The van der Waals surface area contributed by atoms with Crippen molar-refractivity contribution in [1.82, 2.24) is 9.97 Å². The highest BCUT2D eigenvalue weighted by molar-refractivity contribution is 5.72. The van der Waals surface area contributed by atoms with Gasteiger partial charge >= 0.3 is 0 Å². The van der Waals surface area contributed by atoms with Gasteiger partial charge in [-0.2, -0.15) is 0 Å². The predicted octanol–water partition coefficient (Wildman–Crippen LogP) is 3.92. The summed E-state index contributed by atoms with van der Waals surface area (Å²) in [4.78, 5) is 11.6. The van der Waals surface area contributed by atoms with Crippen LogP contribution in [0.4, 0.5) is 5.82 Å². The van der Waals surface area contributed by atoms with Crippen LogP contribution < -0.4 is 4.90 Å². The van der Waals surface area contributed by atoms with Crippen molar-refractivity contribution in [2.45, 2.75) is 25.7 Å². The zero-order chi connectivity index (χ0) is 14.9. The molecule has 1 aliphatic rings. The van der Waals surface area contributed by atoms with Crippen LogP contribution in [0.1, 0.15) is 30.3 Å². The Morgan fingerprint density at radius 3 is 2.59 bits per heavy atom. The van der Waals surface area contributed by atoms with Crippen LogP contribution in [0.15, 0.2) is 46.9 Å². The van der Waals surface area contributed by atoms with Gasteiger partial charge in [-0.1, -0.05) is 18.2 Å². The van der Waals surface area contributed by atoms with Crippen molar-refractivity contribution in [2.24, 2.45) is 0 Å². The molecule has 3 aromatic rings. The quantitative estimate of drug-likeness (QED) is 0.718. The number of benzene rings is 1. The molecule has 0 atom stereocenters. The number of rotatable bonds is 2. The molecule has 1 aromatic carbocycles. The van der Waals surface area contributed by atoms with Gasteiger partial charge in [0.2, 0.25) is 0 Å². The van der Waals surface area contributed by atoms with Gasteiger partial charge in [0.1, 0.15) is 11.3 Å². The van der Waals surface area contributed by atoms with Crippen LogP contribution in [-0.2, 0) is 0 Å². The summed E-state index contributed by atoms with van der Waals surface area (Å²) in [6, 6.07) is 14.2. The first-order valence-corrected chi connectivity index (χ1v) is 7.84. The minimum absolute atomic E-state index is 0.411. The lowest BCUT2D eigenvalue weighted by Gasteiger charge is -2.31. The summed E-state index contributed by atoms with van der Waals surface area (Å²) < 4.78 is 5.92. The molecule has 0 N–H and O–H groups in total. The van der Waals surface area contributed by atoms with Crippen LogP contribution in [0, 0.1) is 6.92 Å². The summed E-state index contributed by atoms with van der Waals surface area (Å²) in [5.74, 6) is 2.38. The molecule has 2 aromatic heterocycles. The average molecular weight is 293 g/mol. The molecule has 4 nitrogen and oxygen atoms in total. The van der Waals surface area contributed by atoms with Gasteiger partial charge in [-0.05, 0) is 44.0 Å². The fourth-order valence-electron chi connectivity index (χ4n) is 3.12. The Bertz CT molecular complexity index is 755. The molecule has 4 heteroatoms. The lowest BCUT2D eigenvalue weighted by molar-refractivity contribution is 0.406. The Morgan fingerprint density at radius 1 is 1.00 bits per heavy atom. The van der Waals surface area contributed by atoms with E-state index in [1.165, 1.54) is 0 Å². The Hall–Kier alpha value is -2.36. The molecule has 3 heterocycles. The van der Waals surface area contributed by atoms with Crippen molar-refractivity contribution >= 4 is 16.9 Å². The number of aromatic nitrogens is 2. The van der Waals surface area contributed by atoms with Gasteiger partial charge < -0.3 is 9.32 Å². The fourth-order valence-corrected chi connectivity index (χ4v) is 3.12. The van der Waals surface area contributed by atoms with Gasteiger partial charge in [-0.25, -0.2) is 9.97 Å². The Morgan fingerprint density at radius 2 is 1.82 bits per heavy atom. The van der Waals surface area contributed by atoms with E-state index in [9.17, 15) is 0 Å². The fraction of sp³-hybridized carbons (Fsp3) is 0.333. The van der Waals surface area contributed by atoms with Crippen LogP contribution in [0.3, 0.4) is 0 Å². The van der Waals surface area contributed by atoms with Crippen LogP contribution in [0.5, 0.6) is 0 Å². The third-order valence-electron chi connectivity index (χ3n) is 4.35. The average Bonchev–Trinajstić information content (AvgIpc) is 2.99. The van der Waals surface area contributed by atoms with Crippen LogP contribution in [-0.4, -0.2) is 23.1 Å². The maximum Gasteiger partial charge on any atom is 0.198 e. The van der Waals surface area contributed by atoms with E-state index in [1.807, 2.05) is 37.3 Å². The summed E-state index contributed by atoms with van der Waals surface area (Å²) in [6.07, 6.45) is 2.12. The van der Waals surface area contributed by atoms with E-state index in [4.69, 9.17) is 4.42 Å². The number of aryl methyl sites for hydroxylation is 1. The zero-order valence-corrected chi connectivity index (χ0v) is 12.7. The number of para-hydroxylation sites is 2. The summed E-state index contributed by atoms with van der Waals surface area (Å²) in [5.41, 5.74) is 2.92. The number of hydrogen-bond acceptors (Lipinski definition) is 4. The normalized spacial score (nSPS) is 16.3. The van der Waals surface area contributed by atoms with Gasteiger partial charge in [0.15, 0.2) is 11.5 Å². The van der Waals surface area contributed by atoms with E-state index in [0.717, 1.165) is 54.4 Å². The SMILES string of the molecule is Cc1cccc(N2CCC(c3nc4ccccc4o3)CC2)n1. The second kappa shape index (κ2) is 5.44. The van der Waals surface area contributed by atoms with E-state index >= 15 is 0 Å². The summed E-state index contributed by atoms with van der Waals surface area (Å²) in [5, 5.41) is 0. The summed E-state index contributed by atoms with van der Waals surface area (Å²) >= 11 is 0. The molecule has 22 heavy (non-hydrogen) atoms. The first kappa shape index (κ1) is 13.3. The van der Waals surface area contributed by atoms with E-state index in [-0.39, 0.29) is 0 Å². The van der Waals surface area contributed by atoms with Crippen LogP contribution >= 0.6 is 0 Å².